The van der Waals surface area contributed by atoms with Crippen LogP contribution in [-0.2, 0) is 0 Å². The third-order valence-electron chi connectivity index (χ3n) is 3.83. The van der Waals surface area contributed by atoms with Crippen LogP contribution in [0.25, 0.3) is 0 Å². The van der Waals surface area contributed by atoms with Crippen LogP contribution in [0.2, 0.25) is 0 Å². The minimum atomic E-state index is -1.85. The summed E-state index contributed by atoms with van der Waals surface area (Å²) in [5.41, 5.74) is 0. The Morgan fingerprint density at radius 3 is 2.25 bits per heavy atom. The minimum Gasteiger partial charge on any atom is -0.394 e. The van der Waals surface area contributed by atoms with Crippen molar-refractivity contribution in [2.75, 3.05) is 6.61 Å². The standard InChI is InChI=1S/C11H21NO8/c13-4-7(15)10(17)11(18)9(16)5-2-1-3-6(14)8(5)12(19)20/h5-11,13-18H,1-4H2/t5-,6-,7-,8+,9-,10-,11-/m1/s1. The second kappa shape index (κ2) is 7.25. The zero-order valence-corrected chi connectivity index (χ0v) is 10.8. The highest BCUT2D eigenvalue weighted by molar-refractivity contribution is 4.92. The molecule has 0 spiro atoms. The Balaban J connectivity index is 2.82. The summed E-state index contributed by atoms with van der Waals surface area (Å²) in [5, 5.41) is 67.8. The van der Waals surface area contributed by atoms with Crippen LogP contribution in [0.1, 0.15) is 19.3 Å². The molecule has 0 heterocycles. The lowest BCUT2D eigenvalue weighted by Gasteiger charge is -2.36. The molecule has 0 aliphatic heterocycles. The van der Waals surface area contributed by atoms with Crippen LogP contribution < -0.4 is 0 Å². The molecule has 9 nitrogen and oxygen atoms in total. The Labute approximate surface area is 115 Å². The Hall–Kier alpha value is -0.840. The number of nitro groups is 1. The van der Waals surface area contributed by atoms with E-state index in [9.17, 15) is 35.6 Å². The molecule has 0 amide bonds. The van der Waals surface area contributed by atoms with Crippen molar-refractivity contribution in [3.05, 3.63) is 10.1 Å². The topological polar surface area (TPSA) is 165 Å². The van der Waals surface area contributed by atoms with Gasteiger partial charge in [0.1, 0.15) is 24.4 Å². The molecule has 1 aliphatic rings. The first-order chi connectivity index (χ1) is 9.31. The average Bonchev–Trinajstić information content (AvgIpc) is 2.43. The Morgan fingerprint density at radius 2 is 1.75 bits per heavy atom. The van der Waals surface area contributed by atoms with Crippen LogP contribution in [0.3, 0.4) is 0 Å². The largest absolute Gasteiger partial charge is 0.394 e. The summed E-state index contributed by atoms with van der Waals surface area (Å²) >= 11 is 0. The van der Waals surface area contributed by atoms with Gasteiger partial charge in [-0.3, -0.25) is 10.1 Å². The van der Waals surface area contributed by atoms with Gasteiger partial charge in [-0.15, -0.1) is 0 Å². The summed E-state index contributed by atoms with van der Waals surface area (Å²) in [6, 6.07) is -1.44. The molecule has 1 aliphatic carbocycles. The smallest absolute Gasteiger partial charge is 0.243 e. The average molecular weight is 295 g/mol. The molecular formula is C11H21NO8. The van der Waals surface area contributed by atoms with E-state index in [1.165, 1.54) is 0 Å². The van der Waals surface area contributed by atoms with Crippen molar-refractivity contribution in [1.82, 2.24) is 0 Å². The Morgan fingerprint density at radius 1 is 1.15 bits per heavy atom. The lowest BCUT2D eigenvalue weighted by molar-refractivity contribution is -0.550. The Bertz CT molecular complexity index is 328. The summed E-state index contributed by atoms with van der Waals surface area (Å²) in [7, 11) is 0. The molecule has 0 saturated heterocycles. The first kappa shape index (κ1) is 17.2. The molecule has 7 atom stereocenters. The number of hydrogen-bond donors (Lipinski definition) is 6. The van der Waals surface area contributed by atoms with Crippen molar-refractivity contribution >= 4 is 0 Å². The van der Waals surface area contributed by atoms with E-state index in [0.717, 1.165) is 0 Å². The van der Waals surface area contributed by atoms with Crippen molar-refractivity contribution in [2.45, 2.75) is 55.8 Å². The van der Waals surface area contributed by atoms with Gasteiger partial charge in [-0.25, -0.2) is 0 Å². The first-order valence-corrected chi connectivity index (χ1v) is 6.46. The molecule has 118 valence electrons. The molecule has 9 heteroatoms. The monoisotopic (exact) mass is 295 g/mol. The maximum Gasteiger partial charge on any atom is 0.243 e. The van der Waals surface area contributed by atoms with Crippen LogP contribution in [0.5, 0.6) is 0 Å². The number of hydrogen-bond acceptors (Lipinski definition) is 8. The predicted octanol–water partition coefficient (Wildman–Crippen LogP) is -2.77. The van der Waals surface area contributed by atoms with E-state index < -0.39 is 54.0 Å². The van der Waals surface area contributed by atoms with E-state index in [4.69, 9.17) is 5.11 Å². The fraction of sp³-hybridized carbons (Fsp3) is 1.00. The van der Waals surface area contributed by atoms with E-state index in [1.54, 1.807) is 0 Å². The van der Waals surface area contributed by atoms with Gasteiger partial charge in [-0.1, -0.05) is 0 Å². The molecule has 6 N–H and O–H groups in total. The molecular weight excluding hydrogens is 274 g/mol. The van der Waals surface area contributed by atoms with Crippen molar-refractivity contribution in [3.63, 3.8) is 0 Å². The van der Waals surface area contributed by atoms with E-state index >= 15 is 0 Å². The minimum absolute atomic E-state index is 0.211. The molecule has 0 aromatic heterocycles. The summed E-state index contributed by atoms with van der Waals surface area (Å²) in [6.45, 7) is -0.823. The van der Waals surface area contributed by atoms with Crippen LogP contribution in [0, 0.1) is 16.0 Å². The second-order valence-electron chi connectivity index (χ2n) is 5.16. The molecule has 1 fully saturated rings. The summed E-state index contributed by atoms with van der Waals surface area (Å²) in [4.78, 5) is 10.3. The maximum atomic E-state index is 11.0. The summed E-state index contributed by atoms with van der Waals surface area (Å²) in [5.74, 6) is -1.04. The predicted molar refractivity (Wildman–Crippen MR) is 65.2 cm³/mol. The van der Waals surface area contributed by atoms with Crippen molar-refractivity contribution in [2.24, 2.45) is 5.92 Å². The third kappa shape index (κ3) is 3.62. The van der Waals surface area contributed by atoms with Gasteiger partial charge < -0.3 is 30.6 Å². The molecule has 20 heavy (non-hydrogen) atoms. The fourth-order valence-corrected chi connectivity index (χ4v) is 2.65. The first-order valence-electron chi connectivity index (χ1n) is 6.46. The van der Waals surface area contributed by atoms with Gasteiger partial charge in [0, 0.05) is 4.92 Å². The van der Waals surface area contributed by atoms with Crippen molar-refractivity contribution < 1.29 is 35.6 Å². The normalized spacial score (nSPS) is 33.2. The van der Waals surface area contributed by atoms with E-state index in [2.05, 4.69) is 0 Å². The molecule has 0 aromatic rings. The lowest BCUT2D eigenvalue weighted by Crippen LogP contribution is -2.55. The van der Waals surface area contributed by atoms with E-state index in [-0.39, 0.29) is 12.8 Å². The van der Waals surface area contributed by atoms with Gasteiger partial charge in [0.25, 0.3) is 0 Å². The zero-order valence-electron chi connectivity index (χ0n) is 10.8. The molecule has 1 saturated carbocycles. The van der Waals surface area contributed by atoms with Crippen molar-refractivity contribution in [1.29, 1.82) is 0 Å². The number of aliphatic hydroxyl groups excluding tert-OH is 6. The number of aliphatic hydroxyl groups is 6. The lowest BCUT2D eigenvalue weighted by atomic mass is 9.77. The van der Waals surface area contributed by atoms with E-state index in [1.807, 2.05) is 0 Å². The Kier molecular flexibility index (Phi) is 6.24. The highest BCUT2D eigenvalue weighted by atomic mass is 16.6. The quantitative estimate of drug-likeness (QED) is 0.226. The van der Waals surface area contributed by atoms with Gasteiger partial charge in [0.2, 0.25) is 6.04 Å². The summed E-state index contributed by atoms with van der Waals surface area (Å²) < 4.78 is 0. The highest BCUT2D eigenvalue weighted by Crippen LogP contribution is 2.31. The highest BCUT2D eigenvalue weighted by Gasteiger charge is 2.48. The van der Waals surface area contributed by atoms with Gasteiger partial charge in [-0.2, -0.15) is 0 Å². The zero-order chi connectivity index (χ0) is 15.4. The van der Waals surface area contributed by atoms with Crippen LogP contribution in [-0.4, -0.2) is 78.7 Å². The summed E-state index contributed by atoms with van der Waals surface area (Å²) in [6.07, 6.45) is -7.38. The fourth-order valence-electron chi connectivity index (χ4n) is 2.65. The van der Waals surface area contributed by atoms with Crippen molar-refractivity contribution in [3.8, 4) is 0 Å². The second-order valence-corrected chi connectivity index (χ2v) is 5.16. The number of nitrogens with zero attached hydrogens (tertiary/aromatic N) is 1. The molecule has 0 bridgehead atoms. The maximum absolute atomic E-state index is 11.0. The SMILES string of the molecule is O=[N+]([O-])[C@H]1[C@H]([C@@H](O)[C@@H](O)[C@H](O)[C@H](O)CO)CCC[C@H]1O. The molecule has 1 rings (SSSR count). The molecule has 0 radical (unpaired) electrons. The van der Waals surface area contributed by atoms with Gasteiger partial charge >= 0.3 is 0 Å². The van der Waals surface area contributed by atoms with Gasteiger partial charge in [-0.05, 0) is 19.3 Å². The van der Waals surface area contributed by atoms with E-state index in [0.29, 0.717) is 6.42 Å². The van der Waals surface area contributed by atoms with Gasteiger partial charge in [0.15, 0.2) is 0 Å². The number of rotatable bonds is 6. The van der Waals surface area contributed by atoms with Crippen LogP contribution in [0.4, 0.5) is 0 Å². The van der Waals surface area contributed by atoms with Gasteiger partial charge in [0.05, 0.1) is 18.6 Å². The van der Waals surface area contributed by atoms with Crippen LogP contribution >= 0.6 is 0 Å². The molecule has 0 aromatic carbocycles. The molecule has 0 unspecified atom stereocenters. The third-order valence-corrected chi connectivity index (χ3v) is 3.83. The van der Waals surface area contributed by atoms with Crippen LogP contribution in [0.15, 0.2) is 0 Å².